The molecule has 16 heteroatoms. The van der Waals surface area contributed by atoms with Gasteiger partial charge >= 0.3 is 0 Å². The summed E-state index contributed by atoms with van der Waals surface area (Å²) in [4.78, 5) is 12.2. The molecule has 5 rings (SSSR count). The zero-order valence-electron chi connectivity index (χ0n) is 17.9. The highest BCUT2D eigenvalue weighted by Gasteiger charge is 2.44. The minimum absolute atomic E-state index is 0.0510. The number of aliphatic hydroxyl groups is 2. The minimum atomic E-state index is -3.77. The molecule has 1 aliphatic heterocycles. The van der Waals surface area contributed by atoms with E-state index in [1.54, 1.807) is 0 Å². The van der Waals surface area contributed by atoms with Crippen LogP contribution in [-0.4, -0.2) is 71.5 Å². The van der Waals surface area contributed by atoms with E-state index in [0.29, 0.717) is 21.9 Å². The molecule has 0 bridgehead atoms. The maximum Gasteiger partial charge on any atom is 0.240 e. The van der Waals surface area contributed by atoms with Crippen molar-refractivity contribution in [3.63, 3.8) is 0 Å². The van der Waals surface area contributed by atoms with E-state index in [9.17, 15) is 18.6 Å². The number of nitrogens with zero attached hydrogens (tertiary/aromatic N) is 7. The van der Waals surface area contributed by atoms with Crippen molar-refractivity contribution >= 4 is 38.6 Å². The van der Waals surface area contributed by atoms with E-state index in [2.05, 4.69) is 30.0 Å². The molecule has 4 aromatic rings. The molecule has 1 saturated heterocycles. The lowest BCUT2D eigenvalue weighted by atomic mass is 10.1. The first-order valence-corrected chi connectivity index (χ1v) is 12.2. The number of halogens is 1. The van der Waals surface area contributed by atoms with E-state index in [0.717, 1.165) is 0 Å². The number of aliphatic hydroxyl groups excluding tert-OH is 2. The first-order valence-electron chi connectivity index (χ1n) is 10.3. The summed E-state index contributed by atoms with van der Waals surface area (Å²) < 4.78 is 36.0. The molecule has 0 unspecified atom stereocenters. The van der Waals surface area contributed by atoms with Gasteiger partial charge in [-0.05, 0) is 24.3 Å². The molecular formula is C19H20ClN9O5S. The Morgan fingerprint density at radius 3 is 2.69 bits per heavy atom. The number of nitrogens with two attached hydrogens (primary N) is 1. The van der Waals surface area contributed by atoms with Crippen molar-refractivity contribution in [2.75, 3.05) is 5.73 Å². The molecule has 184 valence electrons. The number of rotatable bonds is 7. The highest BCUT2D eigenvalue weighted by molar-refractivity contribution is 7.89. The summed E-state index contributed by atoms with van der Waals surface area (Å²) in [5.74, 6) is 0.181. The Labute approximate surface area is 203 Å². The number of nitrogens with one attached hydrogen (secondary N) is 1. The van der Waals surface area contributed by atoms with Crippen LogP contribution in [0, 0.1) is 0 Å². The summed E-state index contributed by atoms with van der Waals surface area (Å²) in [6.07, 6.45) is -0.144. The van der Waals surface area contributed by atoms with Gasteiger partial charge in [-0.25, -0.2) is 32.8 Å². The molecule has 3 aromatic heterocycles. The Hall–Kier alpha value is -3.21. The molecule has 1 aliphatic rings. The van der Waals surface area contributed by atoms with Crippen LogP contribution < -0.4 is 10.5 Å². The molecule has 0 saturated carbocycles. The van der Waals surface area contributed by atoms with Crippen LogP contribution in [0.25, 0.3) is 11.2 Å². The average molecular weight is 522 g/mol. The number of hydrogen-bond acceptors (Lipinski definition) is 11. The second kappa shape index (κ2) is 9.10. The predicted octanol–water partition coefficient (Wildman–Crippen LogP) is -0.549. The van der Waals surface area contributed by atoms with E-state index in [1.807, 2.05) is 0 Å². The molecule has 1 fully saturated rings. The number of ether oxygens (including phenoxy) is 1. The van der Waals surface area contributed by atoms with Gasteiger partial charge in [0, 0.05) is 11.2 Å². The maximum atomic E-state index is 12.4. The first kappa shape index (κ1) is 23.5. The van der Waals surface area contributed by atoms with E-state index in [-0.39, 0.29) is 23.8 Å². The van der Waals surface area contributed by atoms with Gasteiger partial charge < -0.3 is 20.7 Å². The van der Waals surface area contributed by atoms with Crippen molar-refractivity contribution in [2.24, 2.45) is 0 Å². The Bertz CT molecular complexity index is 1460. The molecule has 0 spiro atoms. The summed E-state index contributed by atoms with van der Waals surface area (Å²) in [6.45, 7) is -0.0537. The van der Waals surface area contributed by atoms with Crippen molar-refractivity contribution in [2.45, 2.75) is 42.5 Å². The zero-order chi connectivity index (χ0) is 24.7. The Kier molecular flexibility index (Phi) is 6.12. The fraction of sp³-hybridized carbons (Fsp3) is 0.316. The Balaban J connectivity index is 1.25. The van der Waals surface area contributed by atoms with E-state index >= 15 is 0 Å². The van der Waals surface area contributed by atoms with E-state index in [4.69, 9.17) is 22.1 Å². The third kappa shape index (κ3) is 4.56. The molecule has 5 N–H and O–H groups in total. The topological polar surface area (TPSA) is 196 Å². The van der Waals surface area contributed by atoms with Crippen molar-refractivity contribution in [3.8, 4) is 0 Å². The molecule has 0 amide bonds. The largest absolute Gasteiger partial charge is 0.387 e. The van der Waals surface area contributed by atoms with Crippen molar-refractivity contribution in [1.82, 2.24) is 39.2 Å². The fourth-order valence-electron chi connectivity index (χ4n) is 3.73. The monoisotopic (exact) mass is 521 g/mol. The summed E-state index contributed by atoms with van der Waals surface area (Å²) in [6, 6.07) is 5.75. The van der Waals surface area contributed by atoms with E-state index < -0.39 is 34.6 Å². The summed E-state index contributed by atoms with van der Waals surface area (Å²) in [5.41, 5.74) is 6.86. The van der Waals surface area contributed by atoms with Crippen LogP contribution in [0.15, 0.2) is 48.0 Å². The lowest BCUT2D eigenvalue weighted by molar-refractivity contribution is -0.0403. The van der Waals surface area contributed by atoms with Gasteiger partial charge in [0.2, 0.25) is 10.0 Å². The van der Waals surface area contributed by atoms with Crippen molar-refractivity contribution in [3.05, 3.63) is 53.8 Å². The Morgan fingerprint density at radius 1 is 1.14 bits per heavy atom. The smallest absolute Gasteiger partial charge is 0.240 e. The number of benzene rings is 1. The van der Waals surface area contributed by atoms with Crippen LogP contribution in [-0.2, 0) is 27.8 Å². The maximum absolute atomic E-state index is 12.4. The van der Waals surface area contributed by atoms with Gasteiger partial charge in [0.15, 0.2) is 17.7 Å². The fourth-order valence-corrected chi connectivity index (χ4v) is 4.85. The lowest BCUT2D eigenvalue weighted by Gasteiger charge is -2.16. The first-order chi connectivity index (χ1) is 16.7. The van der Waals surface area contributed by atoms with Gasteiger partial charge in [-0.2, -0.15) is 0 Å². The SMILES string of the molecule is Nc1ncnc2c1ncn2[C@@H]1O[C@H](Cn2cc(CNS(=O)(=O)c3ccc(Cl)cc3)nn2)[C@@H](O)[C@H]1O. The average Bonchev–Trinajstić information content (AvgIpc) is 3.53. The highest BCUT2D eigenvalue weighted by atomic mass is 35.5. The quantitative estimate of drug-likeness (QED) is 0.243. The summed E-state index contributed by atoms with van der Waals surface area (Å²) in [5, 5.41) is 29.5. The summed E-state index contributed by atoms with van der Waals surface area (Å²) >= 11 is 5.80. The van der Waals surface area contributed by atoms with Crippen molar-refractivity contribution < 1.29 is 23.4 Å². The van der Waals surface area contributed by atoms with Crippen molar-refractivity contribution in [1.29, 1.82) is 0 Å². The van der Waals surface area contributed by atoms with Gasteiger partial charge in [0.25, 0.3) is 0 Å². The molecule has 0 radical (unpaired) electrons. The van der Waals surface area contributed by atoms with Crippen LogP contribution >= 0.6 is 11.6 Å². The lowest BCUT2D eigenvalue weighted by Crippen LogP contribution is -2.33. The van der Waals surface area contributed by atoms with Crippen LogP contribution in [0.3, 0.4) is 0 Å². The molecule has 4 atom stereocenters. The van der Waals surface area contributed by atoms with Crippen LogP contribution in [0.4, 0.5) is 5.82 Å². The van der Waals surface area contributed by atoms with Crippen LogP contribution in [0.1, 0.15) is 11.9 Å². The molecule has 35 heavy (non-hydrogen) atoms. The number of nitrogen functional groups attached to an aromatic ring is 1. The van der Waals surface area contributed by atoms with Gasteiger partial charge in [-0.15, -0.1) is 5.10 Å². The highest BCUT2D eigenvalue weighted by Crippen LogP contribution is 2.32. The number of imidazole rings is 1. The summed E-state index contributed by atoms with van der Waals surface area (Å²) in [7, 11) is -3.77. The Morgan fingerprint density at radius 2 is 1.91 bits per heavy atom. The number of aromatic nitrogens is 7. The second-order valence-corrected chi connectivity index (χ2v) is 10.0. The number of anilines is 1. The number of sulfonamides is 1. The van der Waals surface area contributed by atoms with E-state index in [1.165, 1.54) is 52.4 Å². The third-order valence-corrected chi connectivity index (χ3v) is 7.19. The van der Waals surface area contributed by atoms with Crippen LogP contribution in [0.2, 0.25) is 5.02 Å². The standard InChI is InChI=1S/C19H20ClN9O5S/c20-10-1-3-12(4-2-10)35(32,33)25-5-11-6-28(27-26-11)7-13-15(30)16(31)19(34-13)29-9-24-14-17(21)22-8-23-18(14)29/h1-4,6,8-9,13,15-16,19,25,30-31H,5,7H2,(H2,21,22,23)/t13-,15-,16-,19-/m1/s1. The molecule has 4 heterocycles. The number of fused-ring (bicyclic) bond motifs is 1. The molecule has 14 nitrogen and oxygen atoms in total. The molecule has 1 aromatic carbocycles. The third-order valence-electron chi connectivity index (χ3n) is 5.52. The second-order valence-electron chi connectivity index (χ2n) is 7.84. The minimum Gasteiger partial charge on any atom is -0.387 e. The van der Waals surface area contributed by atoms with Gasteiger partial charge in [0.05, 0.1) is 30.0 Å². The van der Waals surface area contributed by atoms with Gasteiger partial charge in [0.1, 0.15) is 30.2 Å². The van der Waals surface area contributed by atoms with Crippen LogP contribution in [0.5, 0.6) is 0 Å². The molecule has 0 aliphatic carbocycles. The predicted molar refractivity (Wildman–Crippen MR) is 121 cm³/mol. The number of hydrogen-bond donors (Lipinski definition) is 4. The van der Waals surface area contributed by atoms with Gasteiger partial charge in [-0.1, -0.05) is 16.8 Å². The molecular weight excluding hydrogens is 502 g/mol. The van der Waals surface area contributed by atoms with Gasteiger partial charge in [-0.3, -0.25) is 4.57 Å². The normalized spacial score (nSPS) is 22.7. The zero-order valence-corrected chi connectivity index (χ0v) is 19.5.